The number of allylic oxidation sites excluding steroid dienone is 1. The van der Waals surface area contributed by atoms with Gasteiger partial charge in [-0.3, -0.25) is 4.90 Å². The Kier molecular flexibility index (Phi) is 9.15. The fraction of sp³-hybridized carbons (Fsp3) is 0.276. The molecule has 11 heteroatoms. The lowest BCUT2D eigenvalue weighted by molar-refractivity contribution is -0.0581. The number of nitrogen functional groups attached to an aromatic ring is 1. The van der Waals surface area contributed by atoms with Crippen molar-refractivity contribution in [3.8, 4) is 0 Å². The summed E-state index contributed by atoms with van der Waals surface area (Å²) in [5, 5.41) is 2.84. The highest BCUT2D eigenvalue weighted by molar-refractivity contribution is 6.09. The molecule has 0 radical (unpaired) electrons. The molecular formula is C29H31F4N7. The monoisotopic (exact) mass is 553 g/mol. The number of nitrogens with two attached hydrogens (primary N) is 2. The van der Waals surface area contributed by atoms with Crippen molar-refractivity contribution in [2.75, 3.05) is 24.1 Å². The third-order valence-electron chi connectivity index (χ3n) is 6.63. The van der Waals surface area contributed by atoms with Crippen LogP contribution >= 0.6 is 0 Å². The third-order valence-corrected chi connectivity index (χ3v) is 6.63. The number of hydrogen-bond donors (Lipinski definition) is 3. The van der Waals surface area contributed by atoms with E-state index in [0.717, 1.165) is 54.8 Å². The number of hydrogen-bond acceptors (Lipinski definition) is 7. The zero-order chi connectivity index (χ0) is 28.7. The van der Waals surface area contributed by atoms with Crippen LogP contribution in [0.5, 0.6) is 0 Å². The maximum absolute atomic E-state index is 14.0. The van der Waals surface area contributed by atoms with Gasteiger partial charge < -0.3 is 16.8 Å². The van der Waals surface area contributed by atoms with Gasteiger partial charge in [0.25, 0.3) is 0 Å². The Balaban J connectivity index is 1.49. The van der Waals surface area contributed by atoms with Crippen molar-refractivity contribution in [1.29, 1.82) is 0 Å². The van der Waals surface area contributed by atoms with Crippen molar-refractivity contribution < 1.29 is 17.6 Å². The standard InChI is InChI=1S/C29H31F4N7/c1-19(23(17-34)26(29(31,32)33)39-28-25(30)6-5-12-37-28)38-22-9-7-20(8-10-22)16-21-11-13-36-27(35)24(21)18-40-14-3-2-4-15-40/h5-13,17,38H,1-4,14-16,18,34H2,(H2,35,36). The van der Waals surface area contributed by atoms with Crippen LogP contribution in [-0.2, 0) is 13.0 Å². The van der Waals surface area contributed by atoms with E-state index in [4.69, 9.17) is 11.5 Å². The maximum Gasteiger partial charge on any atom is 0.434 e. The summed E-state index contributed by atoms with van der Waals surface area (Å²) in [5.74, 6) is -1.18. The zero-order valence-electron chi connectivity index (χ0n) is 21.9. The van der Waals surface area contributed by atoms with E-state index in [2.05, 4.69) is 31.8 Å². The Morgan fingerprint density at radius 2 is 1.77 bits per heavy atom. The molecule has 0 spiro atoms. The van der Waals surface area contributed by atoms with Crippen molar-refractivity contribution >= 4 is 23.0 Å². The van der Waals surface area contributed by atoms with Crippen molar-refractivity contribution in [1.82, 2.24) is 14.9 Å². The number of rotatable bonds is 9. The Morgan fingerprint density at radius 3 is 2.42 bits per heavy atom. The molecule has 0 aliphatic carbocycles. The van der Waals surface area contributed by atoms with Crippen LogP contribution in [0.2, 0.25) is 0 Å². The smallest absolute Gasteiger partial charge is 0.404 e. The van der Waals surface area contributed by atoms with Crippen LogP contribution in [0, 0.1) is 5.82 Å². The lowest BCUT2D eigenvalue weighted by Gasteiger charge is -2.27. The molecule has 3 heterocycles. The number of alkyl halides is 3. The first-order valence-electron chi connectivity index (χ1n) is 12.8. The Labute approximate surface area is 230 Å². The Morgan fingerprint density at radius 1 is 1.05 bits per heavy atom. The summed E-state index contributed by atoms with van der Waals surface area (Å²) in [6, 6.07) is 11.4. The quantitative estimate of drug-likeness (QED) is 0.174. The molecule has 0 atom stereocenters. The average molecular weight is 554 g/mol. The number of likely N-dealkylation sites (tertiary alicyclic amines) is 1. The van der Waals surface area contributed by atoms with Crippen LogP contribution in [0.15, 0.2) is 83.9 Å². The normalized spacial score (nSPS) is 15.2. The molecule has 0 saturated carbocycles. The van der Waals surface area contributed by atoms with E-state index in [1.165, 1.54) is 25.3 Å². The highest BCUT2D eigenvalue weighted by Gasteiger charge is 2.39. The molecule has 0 unspecified atom stereocenters. The van der Waals surface area contributed by atoms with Crippen LogP contribution in [0.1, 0.15) is 36.0 Å². The Bertz CT molecular complexity index is 1390. The number of aromatic nitrogens is 2. The number of nitrogens with one attached hydrogen (secondary N) is 1. The maximum atomic E-state index is 14.0. The zero-order valence-corrected chi connectivity index (χ0v) is 21.9. The summed E-state index contributed by atoms with van der Waals surface area (Å²) in [4.78, 5) is 13.7. The molecule has 4 rings (SSSR count). The van der Waals surface area contributed by atoms with E-state index in [1.807, 2.05) is 18.2 Å². The fourth-order valence-electron chi connectivity index (χ4n) is 4.57. The van der Waals surface area contributed by atoms with Gasteiger partial charge in [-0.2, -0.15) is 13.2 Å². The van der Waals surface area contributed by atoms with Crippen LogP contribution in [0.3, 0.4) is 0 Å². The first-order valence-corrected chi connectivity index (χ1v) is 12.8. The van der Waals surface area contributed by atoms with Crippen LogP contribution in [0.25, 0.3) is 0 Å². The predicted octanol–water partition coefficient (Wildman–Crippen LogP) is 5.88. The molecule has 1 aliphatic heterocycles. The molecular weight excluding hydrogens is 522 g/mol. The van der Waals surface area contributed by atoms with Gasteiger partial charge in [-0.05, 0) is 73.8 Å². The molecule has 1 aliphatic rings. The number of aliphatic imine (C=N–C) groups is 1. The molecule has 2 aromatic heterocycles. The lowest BCUT2D eigenvalue weighted by atomic mass is 9.99. The summed E-state index contributed by atoms with van der Waals surface area (Å²) >= 11 is 0. The van der Waals surface area contributed by atoms with Gasteiger partial charge in [0.15, 0.2) is 17.3 Å². The second-order valence-corrected chi connectivity index (χ2v) is 9.50. The highest BCUT2D eigenvalue weighted by Crippen LogP contribution is 2.29. The van der Waals surface area contributed by atoms with E-state index in [-0.39, 0.29) is 5.70 Å². The van der Waals surface area contributed by atoms with E-state index in [1.54, 1.807) is 18.3 Å². The van der Waals surface area contributed by atoms with E-state index >= 15 is 0 Å². The van der Waals surface area contributed by atoms with Crippen molar-refractivity contribution in [2.45, 2.75) is 38.4 Å². The number of anilines is 2. The lowest BCUT2D eigenvalue weighted by Crippen LogP contribution is -2.30. The first kappa shape index (κ1) is 28.8. The molecule has 210 valence electrons. The van der Waals surface area contributed by atoms with Crippen LogP contribution < -0.4 is 16.8 Å². The van der Waals surface area contributed by atoms with Gasteiger partial charge in [0.2, 0.25) is 0 Å². The molecule has 0 amide bonds. The molecule has 1 saturated heterocycles. The molecule has 0 bridgehead atoms. The van der Waals surface area contributed by atoms with Crippen molar-refractivity contribution in [3.05, 3.63) is 101 Å². The second kappa shape index (κ2) is 12.7. The number of pyridine rings is 2. The van der Waals surface area contributed by atoms with Gasteiger partial charge >= 0.3 is 6.18 Å². The number of piperidine rings is 1. The van der Waals surface area contributed by atoms with E-state index in [0.29, 0.717) is 17.9 Å². The molecule has 1 fully saturated rings. The predicted molar refractivity (Wildman–Crippen MR) is 149 cm³/mol. The summed E-state index contributed by atoms with van der Waals surface area (Å²) in [5.41, 5.74) is 13.2. The fourth-order valence-corrected chi connectivity index (χ4v) is 4.57. The van der Waals surface area contributed by atoms with Crippen LogP contribution in [0.4, 0.5) is 34.9 Å². The van der Waals surface area contributed by atoms with Crippen molar-refractivity contribution in [3.63, 3.8) is 0 Å². The third kappa shape index (κ3) is 7.23. The van der Waals surface area contributed by atoms with Crippen LogP contribution in [-0.4, -0.2) is 39.8 Å². The topological polar surface area (TPSA) is 105 Å². The van der Waals surface area contributed by atoms with Gasteiger partial charge in [-0.15, -0.1) is 0 Å². The van der Waals surface area contributed by atoms with Gasteiger partial charge in [0.05, 0.1) is 0 Å². The van der Waals surface area contributed by atoms with Gasteiger partial charge in [0, 0.05) is 47.7 Å². The molecule has 7 nitrogen and oxygen atoms in total. The van der Waals surface area contributed by atoms with Gasteiger partial charge in [-0.25, -0.2) is 19.4 Å². The molecule has 3 aromatic rings. The summed E-state index contributed by atoms with van der Waals surface area (Å²) in [6.45, 7) is 6.52. The van der Waals surface area contributed by atoms with E-state index < -0.39 is 29.1 Å². The number of benzene rings is 1. The molecule has 40 heavy (non-hydrogen) atoms. The molecule has 1 aromatic carbocycles. The van der Waals surface area contributed by atoms with E-state index in [9.17, 15) is 17.6 Å². The Hall–Kier alpha value is -4.25. The second-order valence-electron chi connectivity index (χ2n) is 9.50. The minimum absolute atomic E-state index is 0.159. The van der Waals surface area contributed by atoms with Gasteiger partial charge in [0.1, 0.15) is 5.82 Å². The summed E-state index contributed by atoms with van der Waals surface area (Å²) in [6.07, 6.45) is 2.84. The summed E-state index contributed by atoms with van der Waals surface area (Å²) < 4.78 is 55.6. The summed E-state index contributed by atoms with van der Waals surface area (Å²) in [7, 11) is 0. The minimum atomic E-state index is -4.94. The largest absolute Gasteiger partial charge is 0.434 e. The highest BCUT2D eigenvalue weighted by atomic mass is 19.4. The average Bonchev–Trinajstić information content (AvgIpc) is 2.92. The molecule has 5 N–H and O–H groups in total. The number of nitrogens with zero attached hydrogens (tertiary/aromatic N) is 4. The van der Waals surface area contributed by atoms with Gasteiger partial charge in [-0.1, -0.05) is 25.1 Å². The van der Waals surface area contributed by atoms with Crippen molar-refractivity contribution in [2.24, 2.45) is 10.7 Å². The number of halogens is 4. The first-order chi connectivity index (χ1) is 19.2. The SMILES string of the molecule is C=C(Nc1ccc(Cc2ccnc(N)c2CN2CCCCC2)cc1)C(=CN)C(=Nc1ncccc1F)C(F)(F)F. The minimum Gasteiger partial charge on any atom is -0.404 e.